The minimum Gasteiger partial charge on any atom is -0.377 e. The lowest BCUT2D eigenvalue weighted by molar-refractivity contribution is 0.0985. The first-order valence-corrected chi connectivity index (χ1v) is 13.1. The molecule has 0 unspecified atom stereocenters. The van der Waals surface area contributed by atoms with E-state index in [0.717, 1.165) is 18.7 Å². The van der Waals surface area contributed by atoms with E-state index in [2.05, 4.69) is 27.4 Å². The summed E-state index contributed by atoms with van der Waals surface area (Å²) in [6.07, 6.45) is 2.78. The molecule has 180 valence electrons. The highest BCUT2D eigenvalue weighted by molar-refractivity contribution is 7.91. The van der Waals surface area contributed by atoms with Gasteiger partial charge in [-0.1, -0.05) is 0 Å². The second-order valence-electron chi connectivity index (χ2n) is 9.08. The van der Waals surface area contributed by atoms with Gasteiger partial charge in [-0.3, -0.25) is 0 Å². The molecule has 1 aromatic heterocycles. The van der Waals surface area contributed by atoms with Gasteiger partial charge in [-0.15, -0.1) is 0 Å². The van der Waals surface area contributed by atoms with Gasteiger partial charge in [0.2, 0.25) is 5.95 Å². The summed E-state index contributed by atoms with van der Waals surface area (Å²) in [5.74, 6) is 1.25. The van der Waals surface area contributed by atoms with Gasteiger partial charge in [0.05, 0.1) is 24.9 Å². The zero-order valence-electron chi connectivity index (χ0n) is 19.7. The third-order valence-corrected chi connectivity index (χ3v) is 8.42. The third kappa shape index (κ3) is 5.43. The number of urea groups is 1. The molecule has 1 aromatic rings. The Balaban J connectivity index is 1.88. The molecule has 1 atom stereocenters. The fraction of sp³-hybridized carbons (Fsp3) is 0.762. The molecule has 2 fully saturated rings. The number of piperidine rings is 1. The molecular formula is C21H36N6O4S. The first-order valence-electron chi connectivity index (χ1n) is 11.3. The van der Waals surface area contributed by atoms with E-state index in [1.54, 1.807) is 19.9 Å². The van der Waals surface area contributed by atoms with Gasteiger partial charge in [0.25, 0.3) is 0 Å². The monoisotopic (exact) mass is 468 g/mol. The topological polar surface area (TPSA) is 117 Å². The van der Waals surface area contributed by atoms with E-state index < -0.39 is 14.6 Å². The van der Waals surface area contributed by atoms with Crippen LogP contribution >= 0.6 is 0 Å². The highest BCUT2D eigenvalue weighted by atomic mass is 32.2. The molecule has 0 saturated carbocycles. The zero-order valence-corrected chi connectivity index (χ0v) is 20.5. The van der Waals surface area contributed by atoms with Crippen LogP contribution in [0.2, 0.25) is 0 Å². The van der Waals surface area contributed by atoms with E-state index in [-0.39, 0.29) is 18.1 Å². The second-order valence-corrected chi connectivity index (χ2v) is 11.6. The quantitative estimate of drug-likeness (QED) is 0.641. The van der Waals surface area contributed by atoms with E-state index in [1.165, 1.54) is 6.26 Å². The Bertz CT molecular complexity index is 915. The largest absolute Gasteiger partial charge is 0.377 e. The van der Waals surface area contributed by atoms with Crippen molar-refractivity contribution in [2.45, 2.75) is 57.4 Å². The van der Waals surface area contributed by atoms with Crippen molar-refractivity contribution in [3.05, 3.63) is 11.8 Å². The summed E-state index contributed by atoms with van der Waals surface area (Å²) in [6.45, 7) is 11.2. The Morgan fingerprint density at radius 1 is 1.25 bits per heavy atom. The predicted octanol–water partition coefficient (Wildman–Crippen LogP) is 1.27. The number of aromatic nitrogens is 2. The number of nitrogens with zero attached hydrogens (tertiary/aromatic N) is 4. The van der Waals surface area contributed by atoms with Crippen molar-refractivity contribution in [2.75, 3.05) is 55.4 Å². The van der Waals surface area contributed by atoms with E-state index in [1.807, 2.05) is 6.92 Å². The van der Waals surface area contributed by atoms with Gasteiger partial charge in [0.1, 0.15) is 10.6 Å². The highest BCUT2D eigenvalue weighted by Crippen LogP contribution is 2.32. The van der Waals surface area contributed by atoms with Crippen LogP contribution in [0.5, 0.6) is 0 Å². The van der Waals surface area contributed by atoms with E-state index >= 15 is 0 Å². The summed E-state index contributed by atoms with van der Waals surface area (Å²) in [5, 5.41) is 5.76. The van der Waals surface area contributed by atoms with Crippen molar-refractivity contribution < 1.29 is 17.9 Å². The molecule has 0 aliphatic carbocycles. The number of nitrogens with one attached hydrogen (secondary N) is 2. The van der Waals surface area contributed by atoms with Crippen molar-refractivity contribution in [3.8, 4) is 0 Å². The molecule has 32 heavy (non-hydrogen) atoms. The molecule has 2 amide bonds. The SMILES string of the molecule is CCNC(=O)NC1CCN(c2nc(N3CCOC[C@@H]3C)cc(C(C)(C)S(C)(=O)=O)n2)CC1. The van der Waals surface area contributed by atoms with E-state index in [4.69, 9.17) is 14.7 Å². The number of morpholine rings is 1. The normalized spacial score (nSPS) is 20.8. The number of carbonyl (C=O) groups is 1. The molecule has 2 aliphatic rings. The molecule has 3 heterocycles. The van der Waals surface area contributed by atoms with Crippen LogP contribution < -0.4 is 20.4 Å². The van der Waals surface area contributed by atoms with Crippen LogP contribution in [-0.4, -0.2) is 82.1 Å². The maximum atomic E-state index is 12.5. The minimum atomic E-state index is -3.40. The summed E-state index contributed by atoms with van der Waals surface area (Å²) in [7, 11) is -3.40. The summed E-state index contributed by atoms with van der Waals surface area (Å²) in [6, 6.07) is 1.87. The fourth-order valence-corrected chi connectivity index (χ4v) is 4.38. The lowest BCUT2D eigenvalue weighted by Crippen LogP contribution is -2.48. The molecule has 3 rings (SSSR count). The van der Waals surface area contributed by atoms with Crippen LogP contribution in [0.3, 0.4) is 0 Å². The molecule has 0 aromatic carbocycles. The highest BCUT2D eigenvalue weighted by Gasteiger charge is 2.36. The Hall–Kier alpha value is -2.14. The van der Waals surface area contributed by atoms with Crippen LogP contribution in [0, 0.1) is 0 Å². The number of amides is 2. The summed E-state index contributed by atoms with van der Waals surface area (Å²) in [4.78, 5) is 25.6. The second kappa shape index (κ2) is 9.78. The van der Waals surface area contributed by atoms with E-state index in [9.17, 15) is 13.2 Å². The molecule has 11 heteroatoms. The van der Waals surface area contributed by atoms with Gasteiger partial charge < -0.3 is 25.2 Å². The standard InChI is InChI=1S/C21H36N6O4S/c1-6-22-20(28)23-16-7-9-26(10-8-16)19-24-17(21(3,4)32(5,29)30)13-18(25-19)27-11-12-31-14-15(27)2/h13,15-16H,6-12,14H2,1-5H3,(H2,22,23,28)/t15-/m0/s1. The fourth-order valence-electron chi connectivity index (χ4n) is 3.90. The van der Waals surface area contributed by atoms with Gasteiger partial charge >= 0.3 is 6.03 Å². The molecule has 2 saturated heterocycles. The molecule has 0 radical (unpaired) electrons. The lowest BCUT2D eigenvalue weighted by atomic mass is 10.1. The van der Waals surface area contributed by atoms with E-state index in [0.29, 0.717) is 51.0 Å². The van der Waals surface area contributed by atoms with Crippen molar-refractivity contribution in [1.82, 2.24) is 20.6 Å². The predicted molar refractivity (Wildman–Crippen MR) is 125 cm³/mol. The van der Waals surface area contributed by atoms with Crippen molar-refractivity contribution in [3.63, 3.8) is 0 Å². The average Bonchev–Trinajstić information content (AvgIpc) is 2.73. The van der Waals surface area contributed by atoms with Gasteiger partial charge in [-0.25, -0.2) is 18.2 Å². The van der Waals surface area contributed by atoms with Crippen LogP contribution in [0.25, 0.3) is 0 Å². The van der Waals surface area contributed by atoms with Crippen LogP contribution in [-0.2, 0) is 19.3 Å². The average molecular weight is 469 g/mol. The van der Waals surface area contributed by atoms with Crippen LogP contribution in [0.15, 0.2) is 6.07 Å². The van der Waals surface area contributed by atoms with Crippen molar-refractivity contribution in [2.24, 2.45) is 0 Å². The van der Waals surface area contributed by atoms with Crippen molar-refractivity contribution >= 4 is 27.6 Å². The molecular weight excluding hydrogens is 432 g/mol. The summed E-state index contributed by atoms with van der Waals surface area (Å²) >= 11 is 0. The molecule has 0 bridgehead atoms. The molecule has 2 aliphatic heterocycles. The Morgan fingerprint density at radius 2 is 1.94 bits per heavy atom. The van der Waals surface area contributed by atoms with Gasteiger partial charge in [-0.05, 0) is 40.5 Å². The molecule has 0 spiro atoms. The first-order chi connectivity index (χ1) is 15.0. The number of hydrogen-bond donors (Lipinski definition) is 2. The molecule has 2 N–H and O–H groups in total. The molecule has 10 nitrogen and oxygen atoms in total. The first kappa shape index (κ1) is 24.5. The lowest BCUT2D eigenvalue weighted by Gasteiger charge is -2.37. The van der Waals surface area contributed by atoms with Crippen molar-refractivity contribution in [1.29, 1.82) is 0 Å². The third-order valence-electron chi connectivity index (χ3n) is 6.36. The Kier molecular flexibility index (Phi) is 7.49. The number of sulfone groups is 1. The number of rotatable bonds is 6. The van der Waals surface area contributed by atoms with Gasteiger partial charge in [0.15, 0.2) is 9.84 Å². The smallest absolute Gasteiger partial charge is 0.314 e. The Labute approximate surface area is 191 Å². The maximum Gasteiger partial charge on any atom is 0.314 e. The number of ether oxygens (including phenoxy) is 1. The van der Waals surface area contributed by atoms with Gasteiger partial charge in [0, 0.05) is 44.5 Å². The number of hydrogen-bond acceptors (Lipinski definition) is 8. The Morgan fingerprint density at radius 3 is 2.53 bits per heavy atom. The minimum absolute atomic E-state index is 0.0900. The zero-order chi connectivity index (χ0) is 23.5. The van der Waals surface area contributed by atoms with Crippen LogP contribution in [0.1, 0.15) is 46.2 Å². The number of anilines is 2. The van der Waals surface area contributed by atoms with Gasteiger partial charge in [-0.2, -0.15) is 4.98 Å². The number of carbonyl (C=O) groups excluding carboxylic acids is 1. The maximum absolute atomic E-state index is 12.5. The summed E-state index contributed by atoms with van der Waals surface area (Å²) in [5.41, 5.74) is 0.487. The van der Waals surface area contributed by atoms with Crippen LogP contribution in [0.4, 0.5) is 16.6 Å². The summed E-state index contributed by atoms with van der Waals surface area (Å²) < 4.78 is 29.5.